The molecule has 0 saturated carbocycles. The molecular weight excluding hydrogens is 178 g/mol. The summed E-state index contributed by atoms with van der Waals surface area (Å²) in [6, 6.07) is 0. The van der Waals surface area contributed by atoms with Gasteiger partial charge in [0.2, 0.25) is 5.91 Å². The van der Waals surface area contributed by atoms with Gasteiger partial charge in [0, 0.05) is 25.5 Å². The smallest absolute Gasteiger partial charge is 0.243 e. The van der Waals surface area contributed by atoms with E-state index in [1.165, 1.54) is 6.08 Å². The molecule has 0 radical (unpaired) electrons. The van der Waals surface area contributed by atoms with Gasteiger partial charge in [-0.25, -0.2) is 4.98 Å². The summed E-state index contributed by atoms with van der Waals surface area (Å²) in [6.07, 6.45) is 9.60. The summed E-state index contributed by atoms with van der Waals surface area (Å²) in [5, 5.41) is 2.79. The molecule has 0 fully saturated rings. The van der Waals surface area contributed by atoms with Crippen molar-refractivity contribution in [1.82, 2.24) is 14.9 Å². The van der Waals surface area contributed by atoms with Crippen LogP contribution in [0.3, 0.4) is 0 Å². The lowest BCUT2D eigenvalue weighted by molar-refractivity contribution is -0.116. The minimum absolute atomic E-state index is 0.0295. The van der Waals surface area contributed by atoms with Gasteiger partial charge < -0.3 is 9.88 Å². The summed E-state index contributed by atoms with van der Waals surface area (Å²) in [6.45, 7) is 3.41. The highest BCUT2D eigenvalue weighted by atomic mass is 16.1. The van der Waals surface area contributed by atoms with Crippen LogP contribution in [0, 0.1) is 0 Å². The fourth-order valence-electron chi connectivity index (χ4n) is 1.10. The molecule has 0 aliphatic heterocycles. The molecule has 1 rings (SSSR count). The molecule has 76 valence electrons. The molecule has 0 atom stereocenters. The van der Waals surface area contributed by atoms with E-state index >= 15 is 0 Å². The maximum absolute atomic E-state index is 11.0. The predicted octanol–water partition coefficient (Wildman–Crippen LogP) is 0.966. The fourth-order valence-corrected chi connectivity index (χ4v) is 1.10. The van der Waals surface area contributed by atoms with E-state index in [0.717, 1.165) is 13.0 Å². The minimum atomic E-state index is -0.0295. The zero-order chi connectivity index (χ0) is 10.2. The first kappa shape index (κ1) is 10.5. The molecule has 14 heavy (non-hydrogen) atoms. The molecule has 1 heterocycles. The number of nitrogens with zero attached hydrogens (tertiary/aromatic N) is 2. The summed E-state index contributed by atoms with van der Waals surface area (Å²) in [7, 11) is 0. The predicted molar refractivity (Wildman–Crippen MR) is 54.7 cm³/mol. The number of hydrogen-bond acceptors (Lipinski definition) is 2. The largest absolute Gasteiger partial charge is 0.352 e. The van der Waals surface area contributed by atoms with Gasteiger partial charge in [-0.1, -0.05) is 6.08 Å². The van der Waals surface area contributed by atoms with E-state index < -0.39 is 0 Å². The lowest BCUT2D eigenvalue weighted by atomic mass is 10.4. The highest BCUT2D eigenvalue weighted by molar-refractivity contribution is 5.87. The maximum Gasteiger partial charge on any atom is 0.243 e. The lowest BCUT2D eigenvalue weighted by Gasteiger charge is -2.02. The third-order valence-corrected chi connectivity index (χ3v) is 1.77. The highest BCUT2D eigenvalue weighted by Crippen LogP contribution is 1.88. The van der Waals surface area contributed by atoms with Crippen LogP contribution in [-0.2, 0) is 11.3 Å². The average Bonchev–Trinajstić information content (AvgIpc) is 2.65. The topological polar surface area (TPSA) is 46.9 Å². The number of carbonyl (C=O) groups is 1. The van der Waals surface area contributed by atoms with Crippen LogP contribution in [0.2, 0.25) is 0 Å². The molecule has 0 aliphatic carbocycles. The van der Waals surface area contributed by atoms with Crippen LogP contribution in [0.25, 0.3) is 0 Å². The number of aryl methyl sites for hydroxylation is 1. The van der Waals surface area contributed by atoms with Crippen molar-refractivity contribution in [3.05, 3.63) is 30.9 Å². The zero-order valence-electron chi connectivity index (χ0n) is 8.31. The Morgan fingerprint density at radius 3 is 3.14 bits per heavy atom. The van der Waals surface area contributed by atoms with Crippen molar-refractivity contribution in [3.8, 4) is 0 Å². The third kappa shape index (κ3) is 3.89. The SMILES string of the molecule is C/C=C/C(=O)NCCCn1ccnc1. The number of hydrogen-bond donors (Lipinski definition) is 1. The Hall–Kier alpha value is -1.58. The second-order valence-electron chi connectivity index (χ2n) is 2.95. The van der Waals surface area contributed by atoms with Gasteiger partial charge in [0.25, 0.3) is 0 Å². The Morgan fingerprint density at radius 1 is 1.64 bits per heavy atom. The number of imidazole rings is 1. The van der Waals surface area contributed by atoms with E-state index in [1.807, 2.05) is 17.7 Å². The monoisotopic (exact) mass is 193 g/mol. The molecule has 1 N–H and O–H groups in total. The Kier molecular flexibility index (Phi) is 4.47. The molecule has 0 aromatic carbocycles. The normalized spacial score (nSPS) is 10.6. The zero-order valence-corrected chi connectivity index (χ0v) is 8.31. The van der Waals surface area contributed by atoms with Crippen LogP contribution < -0.4 is 5.32 Å². The first-order valence-corrected chi connectivity index (χ1v) is 4.69. The summed E-state index contributed by atoms with van der Waals surface area (Å²) >= 11 is 0. The number of amides is 1. The molecule has 0 aliphatic rings. The number of carbonyl (C=O) groups excluding carboxylic acids is 1. The molecule has 1 aromatic heterocycles. The Labute approximate surface area is 83.6 Å². The van der Waals surface area contributed by atoms with Crippen LogP contribution >= 0.6 is 0 Å². The lowest BCUT2D eigenvalue weighted by Crippen LogP contribution is -2.22. The number of aromatic nitrogens is 2. The van der Waals surface area contributed by atoms with Crippen molar-refractivity contribution in [2.24, 2.45) is 0 Å². The summed E-state index contributed by atoms with van der Waals surface area (Å²) in [5.41, 5.74) is 0. The van der Waals surface area contributed by atoms with Crippen LogP contribution in [-0.4, -0.2) is 22.0 Å². The van der Waals surface area contributed by atoms with Crippen LogP contribution in [0.4, 0.5) is 0 Å². The highest BCUT2D eigenvalue weighted by Gasteiger charge is 1.93. The first-order valence-electron chi connectivity index (χ1n) is 4.69. The quantitative estimate of drug-likeness (QED) is 0.559. The minimum Gasteiger partial charge on any atom is -0.352 e. The number of rotatable bonds is 5. The Balaban J connectivity index is 2.08. The van der Waals surface area contributed by atoms with Gasteiger partial charge in [-0.15, -0.1) is 0 Å². The van der Waals surface area contributed by atoms with Gasteiger partial charge in [0.1, 0.15) is 0 Å². The van der Waals surface area contributed by atoms with Crippen molar-refractivity contribution in [2.75, 3.05) is 6.54 Å². The number of allylic oxidation sites excluding steroid dienone is 1. The van der Waals surface area contributed by atoms with Crippen LogP contribution in [0.15, 0.2) is 30.9 Å². The Morgan fingerprint density at radius 2 is 2.50 bits per heavy atom. The van der Waals surface area contributed by atoms with Crippen molar-refractivity contribution in [1.29, 1.82) is 0 Å². The fraction of sp³-hybridized carbons (Fsp3) is 0.400. The van der Waals surface area contributed by atoms with Crippen LogP contribution in [0.5, 0.6) is 0 Å². The molecule has 0 unspecified atom stereocenters. The van der Waals surface area contributed by atoms with Crippen molar-refractivity contribution >= 4 is 5.91 Å². The molecule has 0 saturated heterocycles. The van der Waals surface area contributed by atoms with E-state index in [-0.39, 0.29) is 5.91 Å². The van der Waals surface area contributed by atoms with Crippen LogP contribution in [0.1, 0.15) is 13.3 Å². The van der Waals surface area contributed by atoms with Crippen molar-refractivity contribution in [2.45, 2.75) is 19.9 Å². The average molecular weight is 193 g/mol. The standard InChI is InChI=1S/C10H15N3O/c1-2-4-10(14)12-5-3-7-13-8-6-11-9-13/h2,4,6,8-9H,3,5,7H2,1H3,(H,12,14)/b4-2+. The Bertz CT molecular complexity index is 290. The summed E-state index contributed by atoms with van der Waals surface area (Å²) < 4.78 is 1.99. The van der Waals surface area contributed by atoms with Crippen molar-refractivity contribution < 1.29 is 4.79 Å². The van der Waals surface area contributed by atoms with Gasteiger partial charge in [-0.05, 0) is 19.4 Å². The van der Waals surface area contributed by atoms with E-state index in [0.29, 0.717) is 6.54 Å². The summed E-state index contributed by atoms with van der Waals surface area (Å²) in [4.78, 5) is 14.9. The number of nitrogens with one attached hydrogen (secondary N) is 1. The van der Waals surface area contributed by atoms with E-state index in [4.69, 9.17) is 0 Å². The van der Waals surface area contributed by atoms with Gasteiger partial charge in [-0.3, -0.25) is 4.79 Å². The molecule has 1 amide bonds. The van der Waals surface area contributed by atoms with Gasteiger partial charge in [0.15, 0.2) is 0 Å². The summed E-state index contributed by atoms with van der Waals surface area (Å²) in [5.74, 6) is -0.0295. The van der Waals surface area contributed by atoms with Gasteiger partial charge >= 0.3 is 0 Å². The molecule has 0 spiro atoms. The van der Waals surface area contributed by atoms with Crippen molar-refractivity contribution in [3.63, 3.8) is 0 Å². The molecule has 4 nitrogen and oxygen atoms in total. The third-order valence-electron chi connectivity index (χ3n) is 1.77. The van der Waals surface area contributed by atoms with E-state index in [1.54, 1.807) is 18.6 Å². The van der Waals surface area contributed by atoms with Gasteiger partial charge in [0.05, 0.1) is 6.33 Å². The molecule has 4 heteroatoms. The molecular formula is C10H15N3O. The second kappa shape index (κ2) is 5.96. The van der Waals surface area contributed by atoms with E-state index in [2.05, 4.69) is 10.3 Å². The first-order chi connectivity index (χ1) is 6.83. The second-order valence-corrected chi connectivity index (χ2v) is 2.95. The maximum atomic E-state index is 11.0. The van der Waals surface area contributed by atoms with E-state index in [9.17, 15) is 4.79 Å². The molecule has 0 bridgehead atoms. The van der Waals surface area contributed by atoms with Gasteiger partial charge in [-0.2, -0.15) is 0 Å². The molecule has 1 aromatic rings.